The molecule has 0 aliphatic heterocycles. The number of hydrogen-bond donors (Lipinski definition) is 1. The summed E-state index contributed by atoms with van der Waals surface area (Å²) in [7, 11) is 0. The molecular weight excluding hydrogens is 200 g/mol. The Hall–Kier alpha value is -1.35. The lowest BCUT2D eigenvalue weighted by atomic mass is 10.2. The molecule has 1 heterocycles. The fourth-order valence-corrected chi connectivity index (χ4v) is 2.06. The number of aliphatic hydroxyl groups is 1. The summed E-state index contributed by atoms with van der Waals surface area (Å²) in [5.41, 5.74) is 2.28. The van der Waals surface area contributed by atoms with Gasteiger partial charge in [0.2, 0.25) is 0 Å². The van der Waals surface area contributed by atoms with Crippen LogP contribution in [0.3, 0.4) is 0 Å². The minimum Gasteiger partial charge on any atom is -0.396 e. The molecule has 3 nitrogen and oxygen atoms in total. The van der Waals surface area contributed by atoms with Crippen molar-refractivity contribution in [1.82, 2.24) is 9.55 Å². The molecule has 0 unspecified atom stereocenters. The summed E-state index contributed by atoms with van der Waals surface area (Å²) >= 11 is 0. The smallest absolute Gasteiger partial charge is 0.109 e. The third-order valence-corrected chi connectivity index (χ3v) is 2.86. The molecule has 0 spiro atoms. The Kier molecular flexibility index (Phi) is 3.57. The van der Waals surface area contributed by atoms with Crippen molar-refractivity contribution in [3.63, 3.8) is 0 Å². The predicted molar refractivity (Wildman–Crippen MR) is 65.4 cm³/mol. The van der Waals surface area contributed by atoms with E-state index in [1.54, 1.807) is 0 Å². The Morgan fingerprint density at radius 3 is 2.81 bits per heavy atom. The summed E-state index contributed by atoms with van der Waals surface area (Å²) in [6, 6.07) is 8.24. The van der Waals surface area contributed by atoms with Gasteiger partial charge in [0.25, 0.3) is 0 Å². The van der Waals surface area contributed by atoms with Gasteiger partial charge < -0.3 is 9.67 Å². The first kappa shape index (κ1) is 11.1. The maximum atomic E-state index is 8.78. The highest BCUT2D eigenvalue weighted by molar-refractivity contribution is 5.75. The molecule has 1 aromatic heterocycles. The van der Waals surface area contributed by atoms with Gasteiger partial charge in [-0.05, 0) is 31.9 Å². The highest BCUT2D eigenvalue weighted by atomic mass is 16.2. The van der Waals surface area contributed by atoms with Crippen molar-refractivity contribution in [2.45, 2.75) is 32.7 Å². The van der Waals surface area contributed by atoms with Gasteiger partial charge >= 0.3 is 0 Å². The lowest BCUT2D eigenvalue weighted by molar-refractivity contribution is 0.284. The summed E-state index contributed by atoms with van der Waals surface area (Å²) in [6.07, 6.45) is 2.80. The molecule has 0 atom stereocenters. The number of aryl methyl sites for hydroxylation is 2. The minimum atomic E-state index is 0.270. The molecule has 1 N–H and O–H groups in total. The lowest BCUT2D eigenvalue weighted by Crippen LogP contribution is -2.02. The Bertz CT molecular complexity index is 462. The van der Waals surface area contributed by atoms with E-state index in [1.807, 2.05) is 12.1 Å². The number of aromatic nitrogens is 2. The van der Waals surface area contributed by atoms with E-state index in [4.69, 9.17) is 5.11 Å². The quantitative estimate of drug-likeness (QED) is 0.782. The summed E-state index contributed by atoms with van der Waals surface area (Å²) in [4.78, 5) is 4.64. The van der Waals surface area contributed by atoms with Crippen LogP contribution in [0.2, 0.25) is 0 Å². The first-order valence-corrected chi connectivity index (χ1v) is 5.91. The van der Waals surface area contributed by atoms with Crippen LogP contribution in [0.1, 0.15) is 25.6 Å². The summed E-state index contributed by atoms with van der Waals surface area (Å²) in [6.45, 7) is 3.37. The Morgan fingerprint density at radius 2 is 2.06 bits per heavy atom. The predicted octanol–water partition coefficient (Wildman–Crippen LogP) is 2.37. The highest BCUT2D eigenvalue weighted by Gasteiger charge is 2.07. The summed E-state index contributed by atoms with van der Waals surface area (Å²) in [5, 5.41) is 8.78. The Balaban J connectivity index is 2.29. The molecule has 0 fully saturated rings. The zero-order valence-corrected chi connectivity index (χ0v) is 9.69. The molecule has 16 heavy (non-hydrogen) atoms. The van der Waals surface area contributed by atoms with E-state index in [1.165, 1.54) is 5.52 Å². The summed E-state index contributed by atoms with van der Waals surface area (Å²) in [5.74, 6) is 1.14. The van der Waals surface area contributed by atoms with Crippen LogP contribution < -0.4 is 0 Å². The van der Waals surface area contributed by atoms with Crippen LogP contribution in [0.5, 0.6) is 0 Å². The largest absolute Gasteiger partial charge is 0.396 e. The number of unbranched alkanes of at least 4 members (excludes halogenated alkanes) is 1. The van der Waals surface area contributed by atoms with E-state index >= 15 is 0 Å². The molecule has 1 aromatic carbocycles. The highest BCUT2D eigenvalue weighted by Crippen LogP contribution is 2.17. The van der Waals surface area contributed by atoms with Gasteiger partial charge in [-0.15, -0.1) is 0 Å². The second kappa shape index (κ2) is 5.12. The van der Waals surface area contributed by atoms with Crippen molar-refractivity contribution in [2.24, 2.45) is 0 Å². The molecule has 0 amide bonds. The van der Waals surface area contributed by atoms with Crippen molar-refractivity contribution in [1.29, 1.82) is 0 Å². The van der Waals surface area contributed by atoms with E-state index < -0.39 is 0 Å². The zero-order valence-electron chi connectivity index (χ0n) is 9.69. The lowest BCUT2D eigenvalue weighted by Gasteiger charge is -2.05. The van der Waals surface area contributed by atoms with Gasteiger partial charge in [0.1, 0.15) is 5.82 Å². The van der Waals surface area contributed by atoms with Gasteiger partial charge in [0.15, 0.2) is 0 Å². The number of aliphatic hydroxyl groups excluding tert-OH is 1. The zero-order chi connectivity index (χ0) is 11.4. The van der Waals surface area contributed by atoms with Crippen LogP contribution >= 0.6 is 0 Å². The fourth-order valence-electron chi connectivity index (χ4n) is 2.06. The maximum absolute atomic E-state index is 8.78. The molecule has 2 aromatic rings. The molecule has 0 saturated heterocycles. The average molecular weight is 218 g/mol. The number of rotatable bonds is 5. The van der Waals surface area contributed by atoms with Crippen LogP contribution in [-0.2, 0) is 13.0 Å². The van der Waals surface area contributed by atoms with E-state index in [0.717, 1.165) is 37.1 Å². The van der Waals surface area contributed by atoms with Crippen molar-refractivity contribution in [3.8, 4) is 0 Å². The molecule has 0 bridgehead atoms. The summed E-state index contributed by atoms with van der Waals surface area (Å²) < 4.78 is 2.26. The van der Waals surface area contributed by atoms with Crippen LogP contribution in [0.15, 0.2) is 24.3 Å². The fraction of sp³-hybridized carbons (Fsp3) is 0.462. The van der Waals surface area contributed by atoms with Crippen molar-refractivity contribution in [3.05, 3.63) is 30.1 Å². The average Bonchev–Trinajstić information content (AvgIpc) is 2.67. The molecule has 3 heteroatoms. The number of imidazole rings is 1. The molecule has 0 aliphatic rings. The Labute approximate surface area is 95.7 Å². The van der Waals surface area contributed by atoms with E-state index in [0.29, 0.717) is 0 Å². The standard InChI is InChI=1S/C13H18N2O/c1-2-15-12-8-4-3-7-11(12)14-13(15)9-5-6-10-16/h3-4,7-8,16H,2,5-6,9-10H2,1H3. The SMILES string of the molecule is CCn1c(CCCCO)nc2ccccc21. The minimum absolute atomic E-state index is 0.270. The number of benzene rings is 1. The molecule has 0 radical (unpaired) electrons. The van der Waals surface area contributed by atoms with Crippen LogP contribution in [0, 0.1) is 0 Å². The molecule has 86 valence electrons. The van der Waals surface area contributed by atoms with Gasteiger partial charge in [-0.3, -0.25) is 0 Å². The first-order valence-electron chi connectivity index (χ1n) is 5.91. The van der Waals surface area contributed by atoms with Crippen molar-refractivity contribution < 1.29 is 5.11 Å². The Morgan fingerprint density at radius 1 is 1.25 bits per heavy atom. The van der Waals surface area contributed by atoms with E-state index in [-0.39, 0.29) is 6.61 Å². The van der Waals surface area contributed by atoms with Gasteiger partial charge in [0.05, 0.1) is 11.0 Å². The second-order valence-corrected chi connectivity index (χ2v) is 3.94. The van der Waals surface area contributed by atoms with E-state index in [2.05, 4.69) is 28.6 Å². The van der Waals surface area contributed by atoms with E-state index in [9.17, 15) is 0 Å². The monoisotopic (exact) mass is 218 g/mol. The maximum Gasteiger partial charge on any atom is 0.109 e. The van der Waals surface area contributed by atoms with Crippen LogP contribution in [-0.4, -0.2) is 21.3 Å². The number of nitrogens with zero attached hydrogens (tertiary/aromatic N) is 2. The second-order valence-electron chi connectivity index (χ2n) is 3.94. The topological polar surface area (TPSA) is 38.0 Å². The number of para-hydroxylation sites is 2. The molecule has 0 aliphatic carbocycles. The first-order chi connectivity index (χ1) is 7.86. The molecule has 2 rings (SSSR count). The van der Waals surface area contributed by atoms with Gasteiger partial charge in [-0.25, -0.2) is 4.98 Å². The third kappa shape index (κ3) is 2.09. The van der Waals surface area contributed by atoms with Crippen LogP contribution in [0.4, 0.5) is 0 Å². The molecule has 0 saturated carbocycles. The van der Waals surface area contributed by atoms with Crippen molar-refractivity contribution >= 4 is 11.0 Å². The molecular formula is C13H18N2O. The van der Waals surface area contributed by atoms with Crippen molar-refractivity contribution in [2.75, 3.05) is 6.61 Å². The number of hydrogen-bond acceptors (Lipinski definition) is 2. The third-order valence-electron chi connectivity index (χ3n) is 2.86. The van der Waals surface area contributed by atoms with Gasteiger partial charge in [-0.2, -0.15) is 0 Å². The number of fused-ring (bicyclic) bond motifs is 1. The normalized spacial score (nSPS) is 11.1. The van der Waals surface area contributed by atoms with Gasteiger partial charge in [0, 0.05) is 19.6 Å². The van der Waals surface area contributed by atoms with Crippen LogP contribution in [0.25, 0.3) is 11.0 Å². The van der Waals surface area contributed by atoms with Gasteiger partial charge in [-0.1, -0.05) is 12.1 Å².